The van der Waals surface area contributed by atoms with Crippen LogP contribution < -0.4 is 4.74 Å². The van der Waals surface area contributed by atoms with Crippen LogP contribution in [0, 0.1) is 20.8 Å². The molecule has 1 aliphatic rings. The molecule has 2 rings (SSSR count). The van der Waals surface area contributed by atoms with Crippen molar-refractivity contribution in [2.24, 2.45) is 0 Å². The zero-order valence-electron chi connectivity index (χ0n) is 15.7. The topological polar surface area (TPSA) is 46.5 Å². The quantitative estimate of drug-likeness (QED) is 0.790. The van der Waals surface area contributed by atoms with E-state index in [1.165, 1.54) is 0 Å². The minimum Gasteiger partial charge on any atom is -0.507 e. The smallest absolute Gasteiger partial charge is 0.172 e. The van der Waals surface area contributed by atoms with Crippen molar-refractivity contribution in [1.82, 2.24) is 0 Å². The SMILES string of the molecule is CC.CC.CC(=O)C1(C)CCc2c(C)c(O)c(C)c(C)c2O1. The molecule has 3 nitrogen and oxygen atoms in total. The van der Waals surface area contributed by atoms with Crippen molar-refractivity contribution in [3.8, 4) is 11.5 Å². The van der Waals surface area contributed by atoms with Crippen molar-refractivity contribution >= 4 is 5.78 Å². The maximum absolute atomic E-state index is 11.7. The number of ether oxygens (including phenoxy) is 1. The Hall–Kier alpha value is -1.51. The summed E-state index contributed by atoms with van der Waals surface area (Å²) in [6.45, 7) is 17.1. The normalized spacial score (nSPS) is 18.8. The summed E-state index contributed by atoms with van der Waals surface area (Å²) in [5, 5.41) is 10.1. The molecule has 0 aromatic heterocycles. The van der Waals surface area contributed by atoms with E-state index in [4.69, 9.17) is 4.74 Å². The molecule has 126 valence electrons. The summed E-state index contributed by atoms with van der Waals surface area (Å²) in [4.78, 5) is 11.7. The molecular formula is C19H32O3. The second kappa shape index (κ2) is 8.21. The lowest BCUT2D eigenvalue weighted by Gasteiger charge is -2.36. The molecule has 1 aromatic carbocycles. The molecule has 0 amide bonds. The van der Waals surface area contributed by atoms with Crippen LogP contribution in [0.1, 0.15) is 70.2 Å². The van der Waals surface area contributed by atoms with Gasteiger partial charge in [-0.05, 0) is 64.2 Å². The first-order chi connectivity index (χ1) is 10.3. The van der Waals surface area contributed by atoms with Crippen molar-refractivity contribution in [1.29, 1.82) is 0 Å². The van der Waals surface area contributed by atoms with E-state index < -0.39 is 5.60 Å². The van der Waals surface area contributed by atoms with Gasteiger partial charge in [0.05, 0.1) is 0 Å². The Bertz CT molecular complexity index is 532. The zero-order chi connectivity index (χ0) is 17.7. The number of benzene rings is 1. The third-order valence-electron chi connectivity index (χ3n) is 4.26. The molecule has 22 heavy (non-hydrogen) atoms. The van der Waals surface area contributed by atoms with E-state index >= 15 is 0 Å². The molecule has 3 heteroatoms. The summed E-state index contributed by atoms with van der Waals surface area (Å²) in [6.07, 6.45) is 1.43. The number of fused-ring (bicyclic) bond motifs is 1. The van der Waals surface area contributed by atoms with Gasteiger partial charge in [-0.15, -0.1) is 0 Å². The van der Waals surface area contributed by atoms with Crippen LogP contribution in [0.5, 0.6) is 11.5 Å². The number of carbonyl (C=O) groups is 1. The molecule has 1 aliphatic heterocycles. The van der Waals surface area contributed by atoms with Crippen LogP contribution >= 0.6 is 0 Å². The zero-order valence-corrected chi connectivity index (χ0v) is 15.7. The van der Waals surface area contributed by atoms with E-state index in [9.17, 15) is 9.90 Å². The first kappa shape index (κ1) is 20.5. The van der Waals surface area contributed by atoms with E-state index in [2.05, 4.69) is 0 Å². The Morgan fingerprint density at radius 3 is 2.00 bits per heavy atom. The summed E-state index contributed by atoms with van der Waals surface area (Å²) < 4.78 is 5.97. The number of Topliss-reactive ketones (excluding diaryl/α,β-unsaturated/α-hetero) is 1. The number of hydrogen-bond donors (Lipinski definition) is 1. The van der Waals surface area contributed by atoms with Gasteiger partial charge in [-0.2, -0.15) is 0 Å². The fraction of sp³-hybridized carbons (Fsp3) is 0.632. The van der Waals surface area contributed by atoms with Gasteiger partial charge in [0.25, 0.3) is 0 Å². The maximum Gasteiger partial charge on any atom is 0.172 e. The van der Waals surface area contributed by atoms with E-state index in [-0.39, 0.29) is 5.78 Å². The van der Waals surface area contributed by atoms with Crippen molar-refractivity contribution in [3.63, 3.8) is 0 Å². The van der Waals surface area contributed by atoms with Gasteiger partial charge >= 0.3 is 0 Å². The second-order valence-corrected chi connectivity index (χ2v) is 5.42. The minimum absolute atomic E-state index is 0.0518. The molecule has 0 spiro atoms. The highest BCUT2D eigenvalue weighted by Crippen LogP contribution is 2.43. The maximum atomic E-state index is 11.7. The fourth-order valence-electron chi connectivity index (χ4n) is 2.50. The number of phenolic OH excluding ortho intramolecular Hbond substituents is 1. The lowest BCUT2D eigenvalue weighted by atomic mass is 9.85. The Kier molecular flexibility index (Phi) is 7.65. The number of aromatic hydroxyl groups is 1. The van der Waals surface area contributed by atoms with Crippen molar-refractivity contribution in [2.45, 2.75) is 80.8 Å². The molecule has 0 bridgehead atoms. The minimum atomic E-state index is -0.729. The van der Waals surface area contributed by atoms with Crippen molar-refractivity contribution < 1.29 is 14.6 Å². The third-order valence-corrected chi connectivity index (χ3v) is 4.26. The van der Waals surface area contributed by atoms with Gasteiger partial charge in [-0.3, -0.25) is 4.79 Å². The highest BCUT2D eigenvalue weighted by molar-refractivity contribution is 5.85. The summed E-state index contributed by atoms with van der Waals surface area (Å²) >= 11 is 0. The molecule has 1 N–H and O–H groups in total. The molecule has 1 aromatic rings. The number of hydrogen-bond acceptors (Lipinski definition) is 3. The first-order valence-corrected chi connectivity index (χ1v) is 8.29. The van der Waals surface area contributed by atoms with Gasteiger partial charge in [0.1, 0.15) is 11.5 Å². The largest absolute Gasteiger partial charge is 0.507 e. The molecule has 1 heterocycles. The third kappa shape index (κ3) is 3.63. The second-order valence-electron chi connectivity index (χ2n) is 5.42. The number of ketones is 1. The van der Waals surface area contributed by atoms with Crippen LogP contribution in [0.15, 0.2) is 0 Å². The van der Waals surface area contributed by atoms with Gasteiger partial charge in [0.15, 0.2) is 11.4 Å². The highest BCUT2D eigenvalue weighted by atomic mass is 16.5. The number of phenols is 1. The van der Waals surface area contributed by atoms with Crippen LogP contribution in [0.25, 0.3) is 0 Å². The number of carbonyl (C=O) groups excluding carboxylic acids is 1. The summed E-state index contributed by atoms with van der Waals surface area (Å²) in [5.41, 5.74) is 2.94. The molecule has 0 saturated carbocycles. The molecule has 0 aliphatic carbocycles. The molecule has 0 fully saturated rings. The van der Waals surface area contributed by atoms with Gasteiger partial charge in [-0.1, -0.05) is 27.7 Å². The van der Waals surface area contributed by atoms with Crippen LogP contribution in [0.4, 0.5) is 0 Å². The van der Waals surface area contributed by atoms with Gasteiger partial charge < -0.3 is 9.84 Å². The van der Waals surface area contributed by atoms with Gasteiger partial charge in [0, 0.05) is 5.56 Å². The van der Waals surface area contributed by atoms with Crippen LogP contribution in [-0.4, -0.2) is 16.5 Å². The first-order valence-electron chi connectivity index (χ1n) is 8.29. The summed E-state index contributed by atoms with van der Waals surface area (Å²) in [7, 11) is 0. The molecular weight excluding hydrogens is 276 g/mol. The Labute approximate surface area is 135 Å². The average molecular weight is 308 g/mol. The lowest BCUT2D eigenvalue weighted by molar-refractivity contribution is -0.132. The Morgan fingerprint density at radius 1 is 1.05 bits per heavy atom. The monoisotopic (exact) mass is 308 g/mol. The molecule has 1 unspecified atom stereocenters. The standard InChI is InChI=1S/C15H20O3.2C2H6/c1-8-9(2)14-12(10(3)13(8)17)6-7-15(5,18-14)11(4)16;2*1-2/h17H,6-7H2,1-5H3;2*1-2H3. The predicted octanol–water partition coefficient (Wildman–Crippen LogP) is 5.04. The molecule has 0 radical (unpaired) electrons. The predicted molar refractivity (Wildman–Crippen MR) is 93.0 cm³/mol. The molecule has 0 saturated heterocycles. The lowest BCUT2D eigenvalue weighted by Crippen LogP contribution is -2.43. The average Bonchev–Trinajstić information content (AvgIpc) is 2.54. The van der Waals surface area contributed by atoms with E-state index in [0.29, 0.717) is 12.2 Å². The van der Waals surface area contributed by atoms with E-state index in [1.807, 2.05) is 55.4 Å². The van der Waals surface area contributed by atoms with Crippen molar-refractivity contribution in [3.05, 3.63) is 22.3 Å². The van der Waals surface area contributed by atoms with Gasteiger partial charge in [0.2, 0.25) is 0 Å². The van der Waals surface area contributed by atoms with Gasteiger partial charge in [-0.25, -0.2) is 0 Å². The molecule has 1 atom stereocenters. The number of rotatable bonds is 1. The van der Waals surface area contributed by atoms with Crippen LogP contribution in [-0.2, 0) is 11.2 Å². The van der Waals surface area contributed by atoms with E-state index in [1.54, 1.807) is 6.92 Å². The summed E-state index contributed by atoms with van der Waals surface area (Å²) in [6, 6.07) is 0. The van der Waals surface area contributed by atoms with Crippen LogP contribution in [0.2, 0.25) is 0 Å². The fourth-order valence-corrected chi connectivity index (χ4v) is 2.50. The van der Waals surface area contributed by atoms with Crippen molar-refractivity contribution in [2.75, 3.05) is 0 Å². The summed E-state index contributed by atoms with van der Waals surface area (Å²) in [5.74, 6) is 1.18. The van der Waals surface area contributed by atoms with Crippen LogP contribution in [0.3, 0.4) is 0 Å². The Morgan fingerprint density at radius 2 is 1.55 bits per heavy atom. The van der Waals surface area contributed by atoms with E-state index in [0.717, 1.165) is 34.4 Å². The Balaban J connectivity index is 0.00000102. The highest BCUT2D eigenvalue weighted by Gasteiger charge is 2.38.